The first-order valence-corrected chi connectivity index (χ1v) is 11.0. The molecule has 2 saturated heterocycles. The molecule has 0 saturated carbocycles. The van der Waals surface area contributed by atoms with Gasteiger partial charge in [-0.25, -0.2) is 0 Å². The monoisotopic (exact) mass is 455 g/mol. The molecule has 0 unspecified atom stereocenters. The minimum atomic E-state index is -0.778. The Balaban J connectivity index is 1.60. The summed E-state index contributed by atoms with van der Waals surface area (Å²) in [6, 6.07) is 13.2. The van der Waals surface area contributed by atoms with Gasteiger partial charge in [-0.05, 0) is 37.6 Å². The van der Waals surface area contributed by atoms with E-state index in [-0.39, 0.29) is 23.2 Å². The molecule has 0 spiro atoms. The van der Waals surface area contributed by atoms with E-state index in [2.05, 4.69) is 18.7 Å². The Morgan fingerprint density at radius 3 is 2.52 bits per heavy atom. The van der Waals surface area contributed by atoms with E-state index in [9.17, 15) is 14.9 Å². The third-order valence-corrected chi connectivity index (χ3v) is 6.30. The van der Waals surface area contributed by atoms with Gasteiger partial charge < -0.3 is 19.1 Å². The summed E-state index contributed by atoms with van der Waals surface area (Å²) in [5, 5.41) is 11.1. The molecule has 2 fully saturated rings. The number of ether oxygens (including phenoxy) is 3. The summed E-state index contributed by atoms with van der Waals surface area (Å²) in [4.78, 5) is 28.1. The van der Waals surface area contributed by atoms with Crippen LogP contribution in [0.3, 0.4) is 0 Å². The third-order valence-electron chi connectivity index (χ3n) is 6.30. The van der Waals surface area contributed by atoms with Gasteiger partial charge in [0, 0.05) is 31.2 Å². The molecular weight excluding hydrogens is 426 g/mol. The van der Waals surface area contributed by atoms with Crippen LogP contribution in [0.5, 0.6) is 11.5 Å². The number of benzene rings is 2. The second-order valence-electron chi connectivity index (χ2n) is 8.89. The number of carbonyl (C=O) groups excluding carboxylic acids is 1. The molecule has 9 heteroatoms. The number of nitro benzene ring substituents is 1. The van der Waals surface area contributed by atoms with Crippen LogP contribution in [0, 0.1) is 10.1 Å². The largest absolute Gasteiger partial charge is 0.497 e. The van der Waals surface area contributed by atoms with Crippen LogP contribution in [0.25, 0.3) is 0 Å². The fraction of sp³-hybridized carbons (Fsp3) is 0.458. The summed E-state index contributed by atoms with van der Waals surface area (Å²) < 4.78 is 16.9. The first-order valence-electron chi connectivity index (χ1n) is 11.0. The Kier molecular flexibility index (Phi) is 6.53. The number of nitrogens with zero attached hydrogens (tertiary/aromatic N) is 3. The highest BCUT2D eigenvalue weighted by molar-refractivity contribution is 5.89. The lowest BCUT2D eigenvalue weighted by Gasteiger charge is -2.52. The van der Waals surface area contributed by atoms with Crippen LogP contribution < -0.4 is 9.47 Å². The normalized spacial score (nSPS) is 21.4. The second kappa shape index (κ2) is 9.36. The molecule has 33 heavy (non-hydrogen) atoms. The van der Waals surface area contributed by atoms with E-state index in [0.717, 1.165) is 18.7 Å². The van der Waals surface area contributed by atoms with Gasteiger partial charge in [0.25, 0.3) is 11.6 Å². The Morgan fingerprint density at radius 1 is 1.12 bits per heavy atom. The zero-order valence-corrected chi connectivity index (χ0v) is 19.1. The van der Waals surface area contributed by atoms with Crippen LogP contribution in [-0.4, -0.2) is 72.2 Å². The fourth-order valence-corrected chi connectivity index (χ4v) is 4.49. The number of hydrogen-bond donors (Lipinski definition) is 0. The van der Waals surface area contributed by atoms with Crippen molar-refractivity contribution in [2.75, 3.05) is 40.0 Å². The minimum Gasteiger partial charge on any atom is -0.497 e. The molecular formula is C24H29N3O6. The lowest BCUT2D eigenvalue weighted by atomic mass is 9.87. The van der Waals surface area contributed by atoms with Crippen molar-refractivity contribution >= 4 is 11.6 Å². The van der Waals surface area contributed by atoms with Crippen molar-refractivity contribution in [3.63, 3.8) is 0 Å². The summed E-state index contributed by atoms with van der Waals surface area (Å²) >= 11 is 0. The molecule has 2 aliphatic heterocycles. The summed E-state index contributed by atoms with van der Waals surface area (Å²) in [6.45, 7) is 7.75. The van der Waals surface area contributed by atoms with E-state index >= 15 is 0 Å². The molecule has 0 radical (unpaired) electrons. The molecule has 0 N–H and O–H groups in total. The average molecular weight is 456 g/mol. The van der Waals surface area contributed by atoms with E-state index < -0.39 is 11.0 Å². The SMILES string of the molecule is COc1cccc([C@H]2[C@@H](Oc3cccc([N+](=O)[O-])c3)C(=O)N2CC(C)(C)N2CCOCC2)c1. The summed E-state index contributed by atoms with van der Waals surface area (Å²) in [6.07, 6.45) is -0.778. The molecule has 176 valence electrons. The maximum atomic E-state index is 13.3. The molecule has 2 atom stereocenters. The van der Waals surface area contributed by atoms with Crippen molar-refractivity contribution in [3.05, 3.63) is 64.2 Å². The number of carbonyl (C=O) groups is 1. The van der Waals surface area contributed by atoms with Gasteiger partial charge in [-0.15, -0.1) is 0 Å². The van der Waals surface area contributed by atoms with Crippen molar-refractivity contribution in [1.29, 1.82) is 0 Å². The number of rotatable bonds is 8. The van der Waals surface area contributed by atoms with Crippen molar-refractivity contribution in [3.8, 4) is 11.5 Å². The number of nitro groups is 1. The number of morpholine rings is 1. The van der Waals surface area contributed by atoms with E-state index in [4.69, 9.17) is 14.2 Å². The van der Waals surface area contributed by atoms with Crippen molar-refractivity contribution in [1.82, 2.24) is 9.80 Å². The van der Waals surface area contributed by atoms with Gasteiger partial charge in [0.2, 0.25) is 6.10 Å². The van der Waals surface area contributed by atoms with Crippen molar-refractivity contribution < 1.29 is 23.9 Å². The van der Waals surface area contributed by atoms with E-state index in [1.165, 1.54) is 12.1 Å². The number of β-lactam (4-membered cyclic amide) rings is 1. The average Bonchev–Trinajstić information content (AvgIpc) is 2.83. The van der Waals surface area contributed by atoms with Crippen molar-refractivity contribution in [2.24, 2.45) is 0 Å². The van der Waals surface area contributed by atoms with Gasteiger partial charge in [-0.1, -0.05) is 18.2 Å². The van der Waals surface area contributed by atoms with Crippen LogP contribution in [0.4, 0.5) is 5.69 Å². The number of non-ortho nitro benzene ring substituents is 1. The Labute approximate surface area is 193 Å². The fourth-order valence-electron chi connectivity index (χ4n) is 4.49. The lowest BCUT2D eigenvalue weighted by molar-refractivity contribution is -0.385. The van der Waals surface area contributed by atoms with Gasteiger partial charge in [-0.2, -0.15) is 0 Å². The van der Waals surface area contributed by atoms with Crippen LogP contribution in [0.2, 0.25) is 0 Å². The summed E-state index contributed by atoms with van der Waals surface area (Å²) in [7, 11) is 1.60. The second-order valence-corrected chi connectivity index (χ2v) is 8.89. The highest BCUT2D eigenvalue weighted by Crippen LogP contribution is 2.40. The van der Waals surface area contributed by atoms with Crippen LogP contribution in [0.15, 0.2) is 48.5 Å². The first kappa shape index (κ1) is 23.0. The summed E-state index contributed by atoms with van der Waals surface area (Å²) in [5.74, 6) is 0.839. The lowest BCUT2D eigenvalue weighted by Crippen LogP contribution is -2.66. The number of amides is 1. The van der Waals surface area contributed by atoms with E-state index in [1.54, 1.807) is 19.2 Å². The first-order chi connectivity index (χ1) is 15.8. The maximum absolute atomic E-state index is 13.3. The van der Waals surface area contributed by atoms with Gasteiger partial charge in [0.15, 0.2) is 0 Å². The zero-order chi connectivity index (χ0) is 23.6. The highest BCUT2D eigenvalue weighted by Gasteiger charge is 2.52. The van der Waals surface area contributed by atoms with Crippen LogP contribution in [-0.2, 0) is 9.53 Å². The molecule has 0 aliphatic carbocycles. The molecule has 4 rings (SSSR count). The molecule has 2 aromatic carbocycles. The molecule has 0 aromatic heterocycles. The molecule has 2 aliphatic rings. The van der Waals surface area contributed by atoms with Crippen LogP contribution in [0.1, 0.15) is 25.5 Å². The summed E-state index contributed by atoms with van der Waals surface area (Å²) in [5.41, 5.74) is 0.553. The highest BCUT2D eigenvalue weighted by atomic mass is 16.6. The smallest absolute Gasteiger partial charge is 0.273 e. The predicted octanol–water partition coefficient (Wildman–Crippen LogP) is 3.05. The standard InChI is InChI=1S/C24H29N3O6/c1-24(2,25-10-12-32-13-11-25)16-26-21(17-6-4-8-19(14-17)31-3)22(23(26)28)33-20-9-5-7-18(15-20)27(29)30/h4-9,14-15,21-22H,10-13,16H2,1-3H3/t21-,22+/m0/s1. The minimum absolute atomic E-state index is 0.0810. The molecule has 1 amide bonds. The van der Waals surface area contributed by atoms with Gasteiger partial charge in [0.1, 0.15) is 17.5 Å². The van der Waals surface area contributed by atoms with Gasteiger partial charge in [-0.3, -0.25) is 19.8 Å². The predicted molar refractivity (Wildman–Crippen MR) is 121 cm³/mol. The molecule has 2 aromatic rings. The quantitative estimate of drug-likeness (QED) is 0.343. The Bertz CT molecular complexity index is 1020. The molecule has 9 nitrogen and oxygen atoms in total. The van der Waals surface area contributed by atoms with E-state index in [1.807, 2.05) is 29.2 Å². The van der Waals surface area contributed by atoms with Crippen LogP contribution >= 0.6 is 0 Å². The zero-order valence-electron chi connectivity index (χ0n) is 19.1. The molecule has 0 bridgehead atoms. The van der Waals surface area contributed by atoms with Crippen molar-refractivity contribution in [2.45, 2.75) is 31.5 Å². The third kappa shape index (κ3) is 4.79. The molecule has 2 heterocycles. The Hall–Kier alpha value is -3.17. The van der Waals surface area contributed by atoms with Gasteiger partial charge in [0.05, 0.1) is 31.3 Å². The maximum Gasteiger partial charge on any atom is 0.273 e. The number of hydrogen-bond acceptors (Lipinski definition) is 7. The Morgan fingerprint density at radius 2 is 1.82 bits per heavy atom. The van der Waals surface area contributed by atoms with Gasteiger partial charge >= 0.3 is 0 Å². The number of methoxy groups -OCH3 is 1. The topological polar surface area (TPSA) is 94.4 Å². The number of likely N-dealkylation sites (tertiary alicyclic amines) is 1. The van der Waals surface area contributed by atoms with E-state index in [0.29, 0.717) is 31.3 Å².